The normalized spacial score (nSPS) is 11.1. The number of nitrogens with zero attached hydrogens (tertiary/aromatic N) is 2. The summed E-state index contributed by atoms with van der Waals surface area (Å²) in [4.78, 5) is 17.5. The topological polar surface area (TPSA) is 46.4 Å². The molecule has 0 fully saturated rings. The lowest BCUT2D eigenvalue weighted by atomic mass is 10.1. The second-order valence-electron chi connectivity index (χ2n) is 5.38. The Morgan fingerprint density at radius 3 is 2.55 bits per heavy atom. The molecule has 1 N–H and O–H groups in total. The second kappa shape index (κ2) is 5.81. The predicted molar refractivity (Wildman–Crippen MR) is 90.7 cm³/mol. The molecule has 0 aliphatic carbocycles. The SMILES string of the molecule is CC(C)Nc1nc2ccccn2c(=O)c1-c1ccc(Cl)cc1. The molecule has 22 heavy (non-hydrogen) atoms. The minimum atomic E-state index is -0.101. The molecule has 4 nitrogen and oxygen atoms in total. The highest BCUT2D eigenvalue weighted by molar-refractivity contribution is 6.30. The fourth-order valence-corrected chi connectivity index (χ4v) is 2.47. The molecule has 5 heteroatoms. The Morgan fingerprint density at radius 1 is 1.14 bits per heavy atom. The van der Waals surface area contributed by atoms with Gasteiger partial charge >= 0.3 is 0 Å². The van der Waals surface area contributed by atoms with Gasteiger partial charge in [0.15, 0.2) is 0 Å². The molecule has 0 unspecified atom stereocenters. The van der Waals surface area contributed by atoms with E-state index in [-0.39, 0.29) is 11.6 Å². The van der Waals surface area contributed by atoms with Crippen molar-refractivity contribution in [2.75, 3.05) is 5.32 Å². The number of anilines is 1. The van der Waals surface area contributed by atoms with Crippen molar-refractivity contribution >= 4 is 23.1 Å². The summed E-state index contributed by atoms with van der Waals surface area (Å²) in [6.07, 6.45) is 1.73. The molecule has 0 atom stereocenters. The van der Waals surface area contributed by atoms with E-state index in [4.69, 9.17) is 11.6 Å². The average molecular weight is 314 g/mol. The van der Waals surface area contributed by atoms with Gasteiger partial charge in [-0.15, -0.1) is 0 Å². The van der Waals surface area contributed by atoms with Crippen LogP contribution >= 0.6 is 11.6 Å². The van der Waals surface area contributed by atoms with Gasteiger partial charge in [0.05, 0.1) is 5.56 Å². The van der Waals surface area contributed by atoms with Crippen molar-refractivity contribution in [3.8, 4) is 11.1 Å². The smallest absolute Gasteiger partial charge is 0.267 e. The van der Waals surface area contributed by atoms with E-state index in [1.54, 1.807) is 22.7 Å². The number of nitrogens with one attached hydrogen (secondary N) is 1. The Balaban J connectivity index is 2.32. The first-order valence-corrected chi connectivity index (χ1v) is 7.48. The molecule has 112 valence electrons. The van der Waals surface area contributed by atoms with Crippen LogP contribution in [0.4, 0.5) is 5.82 Å². The van der Waals surface area contributed by atoms with Crippen molar-refractivity contribution in [1.29, 1.82) is 0 Å². The summed E-state index contributed by atoms with van der Waals surface area (Å²) in [5, 5.41) is 3.90. The molecule has 2 aromatic heterocycles. The first-order valence-electron chi connectivity index (χ1n) is 7.10. The van der Waals surface area contributed by atoms with Crippen LogP contribution in [-0.4, -0.2) is 15.4 Å². The fraction of sp³-hybridized carbons (Fsp3) is 0.176. The summed E-state index contributed by atoms with van der Waals surface area (Å²) in [5.41, 5.74) is 1.86. The minimum Gasteiger partial charge on any atom is -0.367 e. The predicted octanol–water partition coefficient (Wildman–Crippen LogP) is 3.84. The summed E-state index contributed by atoms with van der Waals surface area (Å²) >= 11 is 5.94. The van der Waals surface area contributed by atoms with Gasteiger partial charge in [0.25, 0.3) is 5.56 Å². The van der Waals surface area contributed by atoms with E-state index >= 15 is 0 Å². The molecule has 0 saturated carbocycles. The molecular weight excluding hydrogens is 298 g/mol. The van der Waals surface area contributed by atoms with E-state index in [0.717, 1.165) is 5.56 Å². The van der Waals surface area contributed by atoms with Gasteiger partial charge in [0.1, 0.15) is 11.5 Å². The van der Waals surface area contributed by atoms with Crippen molar-refractivity contribution in [3.63, 3.8) is 0 Å². The van der Waals surface area contributed by atoms with E-state index in [0.29, 0.717) is 22.1 Å². The average Bonchev–Trinajstić information content (AvgIpc) is 2.48. The van der Waals surface area contributed by atoms with Gasteiger partial charge in [-0.2, -0.15) is 0 Å². The van der Waals surface area contributed by atoms with E-state index in [1.165, 1.54) is 0 Å². The summed E-state index contributed by atoms with van der Waals surface area (Å²) < 4.78 is 1.55. The third-order valence-electron chi connectivity index (χ3n) is 3.29. The van der Waals surface area contributed by atoms with Crippen molar-refractivity contribution in [1.82, 2.24) is 9.38 Å². The van der Waals surface area contributed by atoms with E-state index < -0.39 is 0 Å². The van der Waals surface area contributed by atoms with Gasteiger partial charge in [0, 0.05) is 17.3 Å². The van der Waals surface area contributed by atoms with Gasteiger partial charge in [-0.25, -0.2) is 4.98 Å². The van der Waals surface area contributed by atoms with Crippen LogP contribution in [0.15, 0.2) is 53.5 Å². The standard InChI is InChI=1S/C17H16ClN3O/c1-11(2)19-16-15(12-6-8-13(18)9-7-12)17(22)21-10-4-3-5-14(21)20-16/h3-11,19H,1-2H3. The Kier molecular flexibility index (Phi) is 3.86. The van der Waals surface area contributed by atoms with E-state index in [1.807, 2.05) is 44.2 Å². The monoisotopic (exact) mass is 313 g/mol. The van der Waals surface area contributed by atoms with Gasteiger partial charge in [-0.1, -0.05) is 29.8 Å². The number of hydrogen-bond acceptors (Lipinski definition) is 3. The number of benzene rings is 1. The number of rotatable bonds is 3. The highest BCUT2D eigenvalue weighted by Gasteiger charge is 2.15. The molecule has 0 saturated heterocycles. The van der Waals surface area contributed by atoms with Crippen LogP contribution in [-0.2, 0) is 0 Å². The maximum absolute atomic E-state index is 12.9. The minimum absolute atomic E-state index is 0.101. The van der Waals surface area contributed by atoms with Crippen LogP contribution in [0.25, 0.3) is 16.8 Å². The van der Waals surface area contributed by atoms with Crippen LogP contribution in [0.5, 0.6) is 0 Å². The Labute approximate surface area is 133 Å². The zero-order valence-electron chi connectivity index (χ0n) is 12.4. The van der Waals surface area contributed by atoms with Crippen LogP contribution in [0.1, 0.15) is 13.8 Å². The Morgan fingerprint density at radius 2 is 1.86 bits per heavy atom. The number of pyridine rings is 1. The van der Waals surface area contributed by atoms with E-state index in [9.17, 15) is 4.79 Å². The molecule has 1 aromatic carbocycles. The first kappa shape index (κ1) is 14.6. The van der Waals surface area contributed by atoms with Crippen molar-refractivity contribution in [3.05, 3.63) is 64.0 Å². The molecule has 0 amide bonds. The van der Waals surface area contributed by atoms with Crippen LogP contribution in [0.3, 0.4) is 0 Å². The molecule has 0 spiro atoms. The maximum atomic E-state index is 12.9. The summed E-state index contributed by atoms with van der Waals surface area (Å²) in [6.45, 7) is 4.03. The largest absolute Gasteiger partial charge is 0.367 e. The van der Waals surface area contributed by atoms with Crippen LogP contribution < -0.4 is 10.9 Å². The lowest BCUT2D eigenvalue weighted by molar-refractivity contribution is 0.885. The summed E-state index contributed by atoms with van der Waals surface area (Å²) in [5.74, 6) is 0.591. The molecule has 2 heterocycles. The van der Waals surface area contributed by atoms with E-state index in [2.05, 4.69) is 10.3 Å². The zero-order valence-corrected chi connectivity index (χ0v) is 13.1. The van der Waals surface area contributed by atoms with Crippen LogP contribution in [0, 0.1) is 0 Å². The number of fused-ring (bicyclic) bond motifs is 1. The van der Waals surface area contributed by atoms with Gasteiger partial charge in [0.2, 0.25) is 0 Å². The third kappa shape index (κ3) is 2.70. The zero-order chi connectivity index (χ0) is 15.7. The molecule has 3 aromatic rings. The van der Waals surface area contributed by atoms with Gasteiger partial charge in [-0.3, -0.25) is 9.20 Å². The Bertz CT molecular complexity index is 869. The number of hydrogen-bond donors (Lipinski definition) is 1. The second-order valence-corrected chi connectivity index (χ2v) is 5.81. The van der Waals surface area contributed by atoms with Crippen molar-refractivity contribution < 1.29 is 0 Å². The lowest BCUT2D eigenvalue weighted by Gasteiger charge is -2.15. The van der Waals surface area contributed by atoms with Gasteiger partial charge < -0.3 is 5.32 Å². The molecule has 0 aliphatic heterocycles. The fourth-order valence-electron chi connectivity index (χ4n) is 2.34. The lowest BCUT2D eigenvalue weighted by Crippen LogP contribution is -2.22. The van der Waals surface area contributed by atoms with Crippen molar-refractivity contribution in [2.24, 2.45) is 0 Å². The highest BCUT2D eigenvalue weighted by Crippen LogP contribution is 2.25. The van der Waals surface area contributed by atoms with Crippen molar-refractivity contribution in [2.45, 2.75) is 19.9 Å². The van der Waals surface area contributed by atoms with Gasteiger partial charge in [-0.05, 0) is 43.7 Å². The quantitative estimate of drug-likeness (QED) is 0.799. The first-order chi connectivity index (χ1) is 10.6. The highest BCUT2D eigenvalue weighted by atomic mass is 35.5. The molecular formula is C17H16ClN3O. The number of aromatic nitrogens is 2. The molecule has 0 radical (unpaired) electrons. The van der Waals surface area contributed by atoms with Crippen LogP contribution in [0.2, 0.25) is 5.02 Å². The maximum Gasteiger partial charge on any atom is 0.267 e. The summed E-state index contributed by atoms with van der Waals surface area (Å²) in [7, 11) is 0. The Hall–Kier alpha value is -2.33. The molecule has 0 aliphatic rings. The molecule has 3 rings (SSSR count). The molecule has 0 bridgehead atoms. The summed E-state index contributed by atoms with van der Waals surface area (Å²) in [6, 6.07) is 12.9. The third-order valence-corrected chi connectivity index (χ3v) is 3.54. The number of halogens is 1.